The summed E-state index contributed by atoms with van der Waals surface area (Å²) in [4.78, 5) is 0. The number of hydrogen-bond donors (Lipinski definition) is 1. The van der Waals surface area contributed by atoms with Gasteiger partial charge in [0.15, 0.2) is 11.5 Å². The van der Waals surface area contributed by atoms with E-state index in [-0.39, 0.29) is 0 Å². The van der Waals surface area contributed by atoms with Gasteiger partial charge in [-0.2, -0.15) is 0 Å². The molecule has 1 aromatic carbocycles. The van der Waals surface area contributed by atoms with E-state index in [4.69, 9.17) is 14.2 Å². The van der Waals surface area contributed by atoms with Gasteiger partial charge in [0.1, 0.15) is 5.75 Å². The molecule has 0 amide bonds. The van der Waals surface area contributed by atoms with E-state index in [0.717, 1.165) is 42.3 Å². The molecule has 0 radical (unpaired) electrons. The summed E-state index contributed by atoms with van der Waals surface area (Å²) in [6.45, 7) is 6.87. The van der Waals surface area contributed by atoms with Gasteiger partial charge in [-0.1, -0.05) is 6.92 Å². The molecule has 0 unspecified atom stereocenters. The maximum Gasteiger partial charge on any atom is 0.231 e. The van der Waals surface area contributed by atoms with E-state index in [1.54, 1.807) is 0 Å². The van der Waals surface area contributed by atoms with E-state index in [1.165, 1.54) is 0 Å². The van der Waals surface area contributed by atoms with Gasteiger partial charge in [0.2, 0.25) is 6.79 Å². The summed E-state index contributed by atoms with van der Waals surface area (Å²) in [5.74, 6) is 2.45. The standard InChI is InChI=1S/C13H19NO3/c1-3-5-14-8-10-6-12-13(17-9-16-12)7-11(10)15-4-2/h6-7,14H,3-5,8-9H2,1-2H3. The van der Waals surface area contributed by atoms with Crippen LogP contribution in [-0.4, -0.2) is 19.9 Å². The summed E-state index contributed by atoms with van der Waals surface area (Å²) >= 11 is 0. The molecule has 0 aromatic heterocycles. The summed E-state index contributed by atoms with van der Waals surface area (Å²) in [6.07, 6.45) is 1.12. The Kier molecular flexibility index (Phi) is 4.09. The Morgan fingerprint density at radius 1 is 1.24 bits per heavy atom. The van der Waals surface area contributed by atoms with E-state index in [0.29, 0.717) is 13.4 Å². The molecule has 2 rings (SSSR count). The van der Waals surface area contributed by atoms with Crippen LogP contribution in [-0.2, 0) is 6.54 Å². The van der Waals surface area contributed by atoms with Crippen LogP contribution in [0.3, 0.4) is 0 Å². The van der Waals surface area contributed by atoms with E-state index < -0.39 is 0 Å². The summed E-state index contributed by atoms with van der Waals surface area (Å²) in [5, 5.41) is 3.36. The van der Waals surface area contributed by atoms with Crippen LogP contribution in [0.5, 0.6) is 17.2 Å². The second kappa shape index (κ2) is 5.77. The highest BCUT2D eigenvalue weighted by atomic mass is 16.7. The Hall–Kier alpha value is -1.42. The first-order valence-electron chi connectivity index (χ1n) is 6.11. The number of rotatable bonds is 6. The average molecular weight is 237 g/mol. The fourth-order valence-corrected chi connectivity index (χ4v) is 1.79. The summed E-state index contributed by atoms with van der Waals surface area (Å²) in [6, 6.07) is 3.91. The maximum absolute atomic E-state index is 5.62. The number of hydrogen-bond acceptors (Lipinski definition) is 4. The van der Waals surface area contributed by atoms with Gasteiger partial charge in [0.05, 0.1) is 6.61 Å². The number of fused-ring (bicyclic) bond motifs is 1. The van der Waals surface area contributed by atoms with Crippen LogP contribution in [0, 0.1) is 0 Å². The van der Waals surface area contributed by atoms with E-state index >= 15 is 0 Å². The average Bonchev–Trinajstić information content (AvgIpc) is 2.77. The third-order valence-electron chi connectivity index (χ3n) is 2.60. The third kappa shape index (κ3) is 2.82. The number of benzene rings is 1. The van der Waals surface area contributed by atoms with Gasteiger partial charge < -0.3 is 19.5 Å². The number of ether oxygens (including phenoxy) is 3. The summed E-state index contributed by atoms with van der Waals surface area (Å²) < 4.78 is 16.3. The Morgan fingerprint density at radius 2 is 2.00 bits per heavy atom. The van der Waals surface area contributed by atoms with Gasteiger partial charge in [-0.3, -0.25) is 0 Å². The Bertz CT molecular complexity index is 379. The van der Waals surface area contributed by atoms with Crippen LogP contribution in [0.15, 0.2) is 12.1 Å². The minimum atomic E-state index is 0.298. The molecule has 1 aliphatic rings. The quantitative estimate of drug-likeness (QED) is 0.771. The monoisotopic (exact) mass is 237 g/mol. The molecule has 0 spiro atoms. The van der Waals surface area contributed by atoms with Gasteiger partial charge in [-0.25, -0.2) is 0 Å². The highest BCUT2D eigenvalue weighted by Gasteiger charge is 2.17. The normalized spacial score (nSPS) is 12.8. The lowest BCUT2D eigenvalue weighted by Gasteiger charge is -2.12. The zero-order valence-corrected chi connectivity index (χ0v) is 10.4. The van der Waals surface area contributed by atoms with Gasteiger partial charge in [-0.15, -0.1) is 0 Å². The van der Waals surface area contributed by atoms with Crippen molar-refractivity contribution in [1.29, 1.82) is 0 Å². The van der Waals surface area contributed by atoms with Crippen molar-refractivity contribution in [2.45, 2.75) is 26.8 Å². The molecule has 94 valence electrons. The lowest BCUT2D eigenvalue weighted by Crippen LogP contribution is -2.14. The zero-order valence-electron chi connectivity index (χ0n) is 10.4. The maximum atomic E-state index is 5.62. The molecule has 0 bridgehead atoms. The second-order valence-electron chi connectivity index (χ2n) is 3.92. The van der Waals surface area contributed by atoms with E-state index in [9.17, 15) is 0 Å². The van der Waals surface area contributed by atoms with Crippen LogP contribution in [0.1, 0.15) is 25.8 Å². The van der Waals surface area contributed by atoms with Gasteiger partial charge in [0, 0.05) is 18.2 Å². The summed E-state index contributed by atoms with van der Waals surface area (Å²) in [7, 11) is 0. The van der Waals surface area contributed by atoms with Gasteiger partial charge in [0.25, 0.3) is 0 Å². The SMILES string of the molecule is CCCNCc1cc2c(cc1OCC)OCO2. The lowest BCUT2D eigenvalue weighted by atomic mass is 10.1. The van der Waals surface area contributed by atoms with Crippen molar-refractivity contribution in [3.05, 3.63) is 17.7 Å². The van der Waals surface area contributed by atoms with Crippen molar-refractivity contribution in [2.75, 3.05) is 19.9 Å². The fourth-order valence-electron chi connectivity index (χ4n) is 1.79. The minimum Gasteiger partial charge on any atom is -0.493 e. The molecule has 0 saturated carbocycles. The molecular formula is C13H19NO3. The van der Waals surface area contributed by atoms with Crippen molar-refractivity contribution in [3.8, 4) is 17.2 Å². The first-order valence-corrected chi connectivity index (χ1v) is 6.11. The molecule has 17 heavy (non-hydrogen) atoms. The molecule has 4 heteroatoms. The second-order valence-corrected chi connectivity index (χ2v) is 3.92. The first kappa shape index (κ1) is 12.0. The van der Waals surface area contributed by atoms with E-state index in [2.05, 4.69) is 12.2 Å². The molecule has 1 N–H and O–H groups in total. The molecule has 1 aliphatic heterocycles. The molecular weight excluding hydrogens is 218 g/mol. The van der Waals surface area contributed by atoms with Crippen LogP contribution >= 0.6 is 0 Å². The van der Waals surface area contributed by atoms with Crippen molar-refractivity contribution in [3.63, 3.8) is 0 Å². The smallest absolute Gasteiger partial charge is 0.231 e. The van der Waals surface area contributed by atoms with Crippen molar-refractivity contribution >= 4 is 0 Å². The molecule has 0 fully saturated rings. The molecule has 1 heterocycles. The highest BCUT2D eigenvalue weighted by molar-refractivity contribution is 5.51. The summed E-state index contributed by atoms with van der Waals surface area (Å²) in [5.41, 5.74) is 1.12. The largest absolute Gasteiger partial charge is 0.493 e. The van der Waals surface area contributed by atoms with Gasteiger partial charge in [-0.05, 0) is 26.0 Å². The van der Waals surface area contributed by atoms with Crippen molar-refractivity contribution < 1.29 is 14.2 Å². The molecule has 4 nitrogen and oxygen atoms in total. The highest BCUT2D eigenvalue weighted by Crippen LogP contribution is 2.38. The zero-order chi connectivity index (χ0) is 12.1. The van der Waals surface area contributed by atoms with Crippen LogP contribution in [0.2, 0.25) is 0 Å². The fraction of sp³-hybridized carbons (Fsp3) is 0.538. The Morgan fingerprint density at radius 3 is 2.71 bits per heavy atom. The predicted molar refractivity (Wildman–Crippen MR) is 65.7 cm³/mol. The number of nitrogens with one attached hydrogen (secondary N) is 1. The van der Waals surface area contributed by atoms with Crippen molar-refractivity contribution in [1.82, 2.24) is 5.32 Å². The molecule has 1 aromatic rings. The molecule has 0 atom stereocenters. The van der Waals surface area contributed by atoms with Crippen LogP contribution < -0.4 is 19.5 Å². The van der Waals surface area contributed by atoms with Crippen LogP contribution in [0.25, 0.3) is 0 Å². The van der Waals surface area contributed by atoms with Crippen LogP contribution in [0.4, 0.5) is 0 Å². The molecule has 0 saturated heterocycles. The van der Waals surface area contributed by atoms with Gasteiger partial charge >= 0.3 is 0 Å². The predicted octanol–water partition coefficient (Wildman–Crippen LogP) is 2.31. The molecule has 0 aliphatic carbocycles. The lowest BCUT2D eigenvalue weighted by molar-refractivity contribution is 0.173. The first-order chi connectivity index (χ1) is 8.35. The topological polar surface area (TPSA) is 39.7 Å². The van der Waals surface area contributed by atoms with E-state index in [1.807, 2.05) is 19.1 Å². The van der Waals surface area contributed by atoms with Crippen molar-refractivity contribution in [2.24, 2.45) is 0 Å². The Labute approximate surface area is 102 Å². The Balaban J connectivity index is 2.15. The minimum absolute atomic E-state index is 0.298. The third-order valence-corrected chi connectivity index (χ3v) is 2.60.